The van der Waals surface area contributed by atoms with Crippen LogP contribution in [0.5, 0.6) is 0 Å². The van der Waals surface area contributed by atoms with E-state index in [0.29, 0.717) is 0 Å². The first-order valence-corrected chi connectivity index (χ1v) is 3.49. The second-order valence-electron chi connectivity index (χ2n) is 3.20. The molecule has 1 heteroatoms. The maximum atomic E-state index is 2.16. The number of nitrogens with zero attached hydrogens (tertiary/aromatic N) is 1. The van der Waals surface area contributed by atoms with Crippen LogP contribution in [0.15, 0.2) is 36.2 Å². The maximum absolute atomic E-state index is 2.16. The molecule has 0 aliphatic carbocycles. The Morgan fingerprint density at radius 3 is 2.60 bits per heavy atom. The Labute approximate surface area is 62.6 Å². The van der Waals surface area contributed by atoms with Gasteiger partial charge in [0.15, 0.2) is 0 Å². The molecule has 10 heavy (non-hydrogen) atoms. The molecular weight excluding hydrogens is 122 g/mol. The monoisotopic (exact) mass is 136 g/mol. The Morgan fingerprint density at radius 1 is 1.20 bits per heavy atom. The van der Waals surface area contributed by atoms with Crippen molar-refractivity contribution < 1.29 is 4.48 Å². The second-order valence-corrected chi connectivity index (χ2v) is 3.20. The van der Waals surface area contributed by atoms with Crippen molar-refractivity contribution in [3.8, 4) is 0 Å². The van der Waals surface area contributed by atoms with Crippen molar-refractivity contribution in [1.29, 1.82) is 0 Å². The largest absolute Gasteiger partial charge is 0.276 e. The van der Waals surface area contributed by atoms with Crippen LogP contribution in [-0.4, -0.2) is 18.6 Å². The second kappa shape index (κ2) is 2.43. The number of allylic oxidation sites excluding steroid dienone is 4. The van der Waals surface area contributed by atoms with Crippen LogP contribution < -0.4 is 0 Å². The van der Waals surface area contributed by atoms with Crippen LogP contribution in [-0.2, 0) is 0 Å². The topological polar surface area (TPSA) is 0 Å². The summed E-state index contributed by atoms with van der Waals surface area (Å²) in [7, 11) is 4.28. The van der Waals surface area contributed by atoms with Gasteiger partial charge < -0.3 is 0 Å². The fourth-order valence-electron chi connectivity index (χ4n) is 0.832. The van der Waals surface area contributed by atoms with Gasteiger partial charge in [-0.25, -0.2) is 0 Å². The minimum atomic E-state index is 0.827. The van der Waals surface area contributed by atoms with Crippen molar-refractivity contribution in [3.63, 3.8) is 0 Å². The van der Waals surface area contributed by atoms with Crippen molar-refractivity contribution in [2.75, 3.05) is 14.1 Å². The zero-order valence-electron chi connectivity index (χ0n) is 6.83. The molecule has 0 amide bonds. The van der Waals surface area contributed by atoms with Gasteiger partial charge in [0.2, 0.25) is 0 Å². The number of hydrogen-bond acceptors (Lipinski definition) is 0. The third-order valence-electron chi connectivity index (χ3n) is 1.55. The normalized spacial score (nSPS) is 22.1. The zero-order chi connectivity index (χ0) is 7.61. The summed E-state index contributed by atoms with van der Waals surface area (Å²) in [4.78, 5) is 0. The SMILES string of the molecule is CC1=CC=C[N+](C)(C)C=C1. The Morgan fingerprint density at radius 2 is 1.90 bits per heavy atom. The Hall–Kier alpha value is -0.820. The molecule has 0 fully saturated rings. The first kappa shape index (κ1) is 7.29. The third kappa shape index (κ3) is 1.85. The summed E-state index contributed by atoms with van der Waals surface area (Å²) >= 11 is 0. The Balaban J connectivity index is 2.88. The highest BCUT2D eigenvalue weighted by Gasteiger charge is 2.06. The Kier molecular flexibility index (Phi) is 1.77. The first-order chi connectivity index (χ1) is 4.60. The van der Waals surface area contributed by atoms with Crippen LogP contribution in [0.2, 0.25) is 0 Å². The molecule has 0 N–H and O–H groups in total. The van der Waals surface area contributed by atoms with Crippen LogP contribution in [0, 0.1) is 0 Å². The molecule has 1 aliphatic heterocycles. The molecule has 1 rings (SSSR count). The number of hydrogen-bond donors (Lipinski definition) is 0. The van der Waals surface area contributed by atoms with Gasteiger partial charge in [0.1, 0.15) is 6.20 Å². The van der Waals surface area contributed by atoms with E-state index in [-0.39, 0.29) is 0 Å². The van der Waals surface area contributed by atoms with Gasteiger partial charge >= 0.3 is 0 Å². The molecule has 0 saturated heterocycles. The Bertz CT molecular complexity index is 207. The van der Waals surface area contributed by atoms with Gasteiger partial charge in [-0.15, -0.1) is 0 Å². The molecule has 1 aliphatic rings. The summed E-state index contributed by atoms with van der Waals surface area (Å²) in [6, 6.07) is 0. The average molecular weight is 136 g/mol. The number of rotatable bonds is 0. The molecule has 0 aromatic rings. The molecule has 0 aromatic carbocycles. The van der Waals surface area contributed by atoms with Crippen molar-refractivity contribution in [2.24, 2.45) is 0 Å². The summed E-state index contributed by atoms with van der Waals surface area (Å²) < 4.78 is 0.827. The van der Waals surface area contributed by atoms with E-state index >= 15 is 0 Å². The molecule has 1 heterocycles. The molecule has 0 spiro atoms. The standard InChI is InChI=1S/C9H14N/c1-9-5-4-7-10(2,3)8-6-9/h4-8H,1-3H3/q+1. The predicted octanol–water partition coefficient (Wildman–Crippen LogP) is 2.05. The molecule has 54 valence electrons. The van der Waals surface area contributed by atoms with E-state index in [1.165, 1.54) is 5.57 Å². The van der Waals surface area contributed by atoms with Gasteiger partial charge in [-0.05, 0) is 24.6 Å². The van der Waals surface area contributed by atoms with E-state index in [4.69, 9.17) is 0 Å². The highest BCUT2D eigenvalue weighted by molar-refractivity contribution is 5.21. The van der Waals surface area contributed by atoms with Crippen molar-refractivity contribution in [3.05, 3.63) is 36.2 Å². The summed E-state index contributed by atoms with van der Waals surface area (Å²) in [5.74, 6) is 0. The van der Waals surface area contributed by atoms with E-state index in [9.17, 15) is 0 Å². The zero-order valence-corrected chi connectivity index (χ0v) is 6.83. The third-order valence-corrected chi connectivity index (χ3v) is 1.55. The molecule has 0 atom stereocenters. The van der Waals surface area contributed by atoms with Gasteiger partial charge in [-0.3, -0.25) is 4.48 Å². The molecular formula is C9H14N+. The minimum Gasteiger partial charge on any atom is -0.276 e. The number of quaternary nitrogens is 1. The van der Waals surface area contributed by atoms with Crippen LogP contribution in [0.4, 0.5) is 0 Å². The van der Waals surface area contributed by atoms with Gasteiger partial charge in [-0.1, -0.05) is 6.08 Å². The van der Waals surface area contributed by atoms with E-state index in [1.54, 1.807) is 0 Å². The lowest BCUT2D eigenvalue weighted by Crippen LogP contribution is -2.24. The van der Waals surface area contributed by atoms with Gasteiger partial charge in [0.25, 0.3) is 0 Å². The van der Waals surface area contributed by atoms with E-state index < -0.39 is 0 Å². The van der Waals surface area contributed by atoms with Crippen LogP contribution in [0.3, 0.4) is 0 Å². The van der Waals surface area contributed by atoms with Gasteiger partial charge in [0.05, 0.1) is 20.3 Å². The van der Waals surface area contributed by atoms with Crippen molar-refractivity contribution >= 4 is 0 Å². The summed E-state index contributed by atoms with van der Waals surface area (Å²) in [6.07, 6.45) is 10.7. The average Bonchev–Trinajstić information content (AvgIpc) is 1.94. The van der Waals surface area contributed by atoms with Gasteiger partial charge in [-0.2, -0.15) is 0 Å². The molecule has 1 nitrogen and oxygen atoms in total. The van der Waals surface area contributed by atoms with Crippen LogP contribution >= 0.6 is 0 Å². The lowest BCUT2D eigenvalue weighted by Gasteiger charge is -2.17. The van der Waals surface area contributed by atoms with Crippen LogP contribution in [0.1, 0.15) is 6.92 Å². The molecule has 0 saturated carbocycles. The molecule has 0 bridgehead atoms. The lowest BCUT2D eigenvalue weighted by molar-refractivity contribution is -0.783. The van der Waals surface area contributed by atoms with Crippen LogP contribution in [0.25, 0.3) is 0 Å². The van der Waals surface area contributed by atoms with Crippen molar-refractivity contribution in [2.45, 2.75) is 6.92 Å². The van der Waals surface area contributed by atoms with E-state index in [1.807, 2.05) is 0 Å². The highest BCUT2D eigenvalue weighted by atomic mass is 15.3. The summed E-state index contributed by atoms with van der Waals surface area (Å²) in [6.45, 7) is 2.10. The lowest BCUT2D eigenvalue weighted by atomic mass is 10.3. The van der Waals surface area contributed by atoms with Gasteiger partial charge in [0, 0.05) is 0 Å². The summed E-state index contributed by atoms with van der Waals surface area (Å²) in [5.41, 5.74) is 1.31. The fraction of sp³-hybridized carbons (Fsp3) is 0.333. The minimum absolute atomic E-state index is 0.827. The molecule has 0 aromatic heterocycles. The molecule has 0 radical (unpaired) electrons. The van der Waals surface area contributed by atoms with E-state index in [2.05, 4.69) is 51.6 Å². The fourth-order valence-corrected chi connectivity index (χ4v) is 0.832. The predicted molar refractivity (Wildman–Crippen MR) is 44.1 cm³/mol. The molecule has 0 unspecified atom stereocenters. The summed E-state index contributed by atoms with van der Waals surface area (Å²) in [5, 5.41) is 0. The maximum Gasteiger partial charge on any atom is 0.100 e. The van der Waals surface area contributed by atoms with Crippen molar-refractivity contribution in [1.82, 2.24) is 0 Å². The highest BCUT2D eigenvalue weighted by Crippen LogP contribution is 2.08. The smallest absolute Gasteiger partial charge is 0.100 e. The first-order valence-electron chi connectivity index (χ1n) is 3.49. The van der Waals surface area contributed by atoms with E-state index in [0.717, 1.165) is 4.48 Å². The quantitative estimate of drug-likeness (QED) is 0.447.